The maximum atomic E-state index is 13.1. The summed E-state index contributed by atoms with van der Waals surface area (Å²) >= 11 is 5.77. The molecule has 0 fully saturated rings. The van der Waals surface area contributed by atoms with E-state index in [9.17, 15) is 9.18 Å². The topological polar surface area (TPSA) is 37.3 Å². The third kappa shape index (κ3) is 2.87. The fourth-order valence-electron chi connectivity index (χ4n) is 1.77. The van der Waals surface area contributed by atoms with Gasteiger partial charge in [-0.05, 0) is 41.8 Å². The van der Waals surface area contributed by atoms with Gasteiger partial charge in [-0.2, -0.15) is 0 Å². The van der Waals surface area contributed by atoms with Crippen molar-refractivity contribution in [3.05, 3.63) is 70.0 Å². The first kappa shape index (κ1) is 12.6. The van der Waals surface area contributed by atoms with Crippen LogP contribution in [0.1, 0.15) is 21.5 Å². The number of hydrogen-bond acceptors (Lipinski definition) is 1. The van der Waals surface area contributed by atoms with Crippen molar-refractivity contribution in [2.45, 2.75) is 6.42 Å². The number of rotatable bonds is 3. The fourth-order valence-corrected chi connectivity index (χ4v) is 1.94. The standard InChI is InChI=1S/C14H10ClFO2/c15-11-5-4-10(13(8-11)14(17)18)6-9-2-1-3-12(16)7-9/h1-5,7-8H,6H2,(H,17,18). The summed E-state index contributed by atoms with van der Waals surface area (Å²) in [5, 5.41) is 9.46. The molecule has 0 saturated heterocycles. The highest BCUT2D eigenvalue weighted by molar-refractivity contribution is 6.30. The summed E-state index contributed by atoms with van der Waals surface area (Å²) in [5.74, 6) is -1.37. The predicted octanol–water partition coefficient (Wildman–Crippen LogP) is 3.77. The lowest BCUT2D eigenvalue weighted by molar-refractivity contribution is 0.0696. The van der Waals surface area contributed by atoms with Crippen LogP contribution in [-0.4, -0.2) is 11.1 Å². The second kappa shape index (κ2) is 5.19. The van der Waals surface area contributed by atoms with Gasteiger partial charge in [-0.25, -0.2) is 9.18 Å². The average Bonchev–Trinajstić information content (AvgIpc) is 2.31. The van der Waals surface area contributed by atoms with Crippen LogP contribution in [0.5, 0.6) is 0 Å². The Morgan fingerprint density at radius 2 is 2.00 bits per heavy atom. The van der Waals surface area contributed by atoms with Crippen LogP contribution >= 0.6 is 11.6 Å². The molecule has 0 aliphatic heterocycles. The van der Waals surface area contributed by atoms with Gasteiger partial charge in [0, 0.05) is 5.02 Å². The van der Waals surface area contributed by atoms with Gasteiger partial charge in [-0.1, -0.05) is 29.8 Å². The zero-order valence-electron chi connectivity index (χ0n) is 9.36. The molecule has 92 valence electrons. The van der Waals surface area contributed by atoms with E-state index >= 15 is 0 Å². The van der Waals surface area contributed by atoms with E-state index < -0.39 is 5.97 Å². The summed E-state index contributed by atoms with van der Waals surface area (Å²) in [7, 11) is 0. The van der Waals surface area contributed by atoms with Gasteiger partial charge in [0.25, 0.3) is 0 Å². The fraction of sp³-hybridized carbons (Fsp3) is 0.0714. The zero-order chi connectivity index (χ0) is 13.1. The summed E-state index contributed by atoms with van der Waals surface area (Å²) in [6.07, 6.45) is 0.358. The summed E-state index contributed by atoms with van der Waals surface area (Å²) in [5.41, 5.74) is 1.48. The van der Waals surface area contributed by atoms with Crippen molar-refractivity contribution in [3.63, 3.8) is 0 Å². The third-order valence-corrected chi connectivity index (χ3v) is 2.82. The third-order valence-electron chi connectivity index (χ3n) is 2.59. The highest BCUT2D eigenvalue weighted by Crippen LogP contribution is 2.19. The summed E-state index contributed by atoms with van der Waals surface area (Å²) < 4.78 is 13.1. The first-order valence-electron chi connectivity index (χ1n) is 5.32. The number of benzene rings is 2. The van der Waals surface area contributed by atoms with Crippen LogP contribution in [-0.2, 0) is 6.42 Å². The second-order valence-corrected chi connectivity index (χ2v) is 4.35. The summed E-state index contributed by atoms with van der Waals surface area (Å²) in [6.45, 7) is 0. The molecule has 0 radical (unpaired) electrons. The van der Waals surface area contributed by atoms with Crippen molar-refractivity contribution < 1.29 is 14.3 Å². The van der Waals surface area contributed by atoms with Crippen molar-refractivity contribution in [1.82, 2.24) is 0 Å². The molecule has 0 heterocycles. The molecule has 0 aliphatic rings. The Hall–Kier alpha value is -1.87. The first-order valence-corrected chi connectivity index (χ1v) is 5.70. The average molecular weight is 265 g/mol. The normalized spacial score (nSPS) is 10.3. The molecule has 0 aliphatic carbocycles. The minimum absolute atomic E-state index is 0.145. The molecular formula is C14H10ClFO2. The van der Waals surface area contributed by atoms with E-state index in [1.165, 1.54) is 18.2 Å². The van der Waals surface area contributed by atoms with E-state index in [1.54, 1.807) is 24.3 Å². The van der Waals surface area contributed by atoms with Gasteiger partial charge in [0.1, 0.15) is 5.82 Å². The SMILES string of the molecule is O=C(O)c1cc(Cl)ccc1Cc1cccc(F)c1. The maximum Gasteiger partial charge on any atom is 0.336 e. The van der Waals surface area contributed by atoms with Crippen LogP contribution < -0.4 is 0 Å². The van der Waals surface area contributed by atoms with Crippen molar-refractivity contribution in [3.8, 4) is 0 Å². The predicted molar refractivity (Wildman–Crippen MR) is 67.6 cm³/mol. The van der Waals surface area contributed by atoms with Crippen LogP contribution in [0.2, 0.25) is 5.02 Å². The second-order valence-electron chi connectivity index (χ2n) is 3.91. The lowest BCUT2D eigenvalue weighted by Gasteiger charge is -2.07. The Labute approximate surface area is 109 Å². The summed E-state index contributed by atoms with van der Waals surface area (Å²) in [6, 6.07) is 10.8. The van der Waals surface area contributed by atoms with Crippen LogP contribution in [0.4, 0.5) is 4.39 Å². The number of halogens is 2. The number of carboxylic acids is 1. The highest BCUT2D eigenvalue weighted by Gasteiger charge is 2.11. The Bertz CT molecular complexity index is 596. The molecule has 0 unspecified atom stereocenters. The molecule has 18 heavy (non-hydrogen) atoms. The van der Waals surface area contributed by atoms with E-state index in [0.717, 1.165) is 5.56 Å². The number of carbonyl (C=O) groups is 1. The Morgan fingerprint density at radius 1 is 1.22 bits per heavy atom. The van der Waals surface area contributed by atoms with Crippen LogP contribution in [0.25, 0.3) is 0 Å². The largest absolute Gasteiger partial charge is 0.478 e. The highest BCUT2D eigenvalue weighted by atomic mass is 35.5. The molecule has 0 amide bonds. The quantitative estimate of drug-likeness (QED) is 0.916. The minimum atomic E-state index is -1.04. The van der Waals surface area contributed by atoms with Gasteiger partial charge in [-0.3, -0.25) is 0 Å². The molecule has 2 aromatic carbocycles. The van der Waals surface area contributed by atoms with Crippen molar-refractivity contribution in [1.29, 1.82) is 0 Å². The van der Waals surface area contributed by atoms with E-state index in [1.807, 2.05) is 0 Å². The maximum absolute atomic E-state index is 13.1. The van der Waals surface area contributed by atoms with Gasteiger partial charge in [0.15, 0.2) is 0 Å². The molecular weight excluding hydrogens is 255 g/mol. The van der Waals surface area contributed by atoms with Crippen LogP contribution in [0.15, 0.2) is 42.5 Å². The van der Waals surface area contributed by atoms with Crippen LogP contribution in [0.3, 0.4) is 0 Å². The van der Waals surface area contributed by atoms with Gasteiger partial charge in [0.05, 0.1) is 5.56 Å². The molecule has 2 aromatic rings. The number of aromatic carboxylic acids is 1. The summed E-state index contributed by atoms with van der Waals surface area (Å²) in [4.78, 5) is 11.1. The monoisotopic (exact) mass is 264 g/mol. The number of hydrogen-bond donors (Lipinski definition) is 1. The Kier molecular flexibility index (Phi) is 3.63. The van der Waals surface area contributed by atoms with Crippen molar-refractivity contribution in [2.24, 2.45) is 0 Å². The van der Waals surface area contributed by atoms with E-state index in [2.05, 4.69) is 0 Å². The minimum Gasteiger partial charge on any atom is -0.478 e. The van der Waals surface area contributed by atoms with Gasteiger partial charge in [-0.15, -0.1) is 0 Å². The molecule has 0 aromatic heterocycles. The van der Waals surface area contributed by atoms with Gasteiger partial charge >= 0.3 is 5.97 Å². The van der Waals surface area contributed by atoms with E-state index in [-0.39, 0.29) is 11.4 Å². The zero-order valence-corrected chi connectivity index (χ0v) is 10.1. The van der Waals surface area contributed by atoms with Crippen LogP contribution in [0, 0.1) is 5.82 Å². The lowest BCUT2D eigenvalue weighted by atomic mass is 10.00. The Morgan fingerprint density at radius 3 is 2.67 bits per heavy atom. The van der Waals surface area contributed by atoms with E-state index in [0.29, 0.717) is 17.0 Å². The molecule has 0 saturated carbocycles. The van der Waals surface area contributed by atoms with Gasteiger partial charge in [0.2, 0.25) is 0 Å². The molecule has 4 heteroatoms. The van der Waals surface area contributed by atoms with Gasteiger partial charge < -0.3 is 5.11 Å². The first-order chi connectivity index (χ1) is 8.56. The van der Waals surface area contributed by atoms with Crippen molar-refractivity contribution >= 4 is 17.6 Å². The molecule has 0 bridgehead atoms. The smallest absolute Gasteiger partial charge is 0.336 e. The Balaban J connectivity index is 2.37. The molecule has 0 atom stereocenters. The molecule has 0 spiro atoms. The molecule has 1 N–H and O–H groups in total. The van der Waals surface area contributed by atoms with E-state index in [4.69, 9.17) is 16.7 Å². The molecule has 2 rings (SSSR count). The van der Waals surface area contributed by atoms with Crippen molar-refractivity contribution in [2.75, 3.05) is 0 Å². The molecule has 2 nitrogen and oxygen atoms in total. The lowest BCUT2D eigenvalue weighted by Crippen LogP contribution is -2.03. The number of carboxylic acid groups (broad SMARTS) is 1.